The van der Waals surface area contributed by atoms with Crippen molar-refractivity contribution in [1.82, 2.24) is 25.1 Å². The molecule has 0 radical (unpaired) electrons. The van der Waals surface area contributed by atoms with Gasteiger partial charge in [0.25, 0.3) is 0 Å². The van der Waals surface area contributed by atoms with Crippen LogP contribution in [-0.2, 0) is 4.79 Å². The van der Waals surface area contributed by atoms with Crippen LogP contribution >= 0.6 is 11.8 Å². The summed E-state index contributed by atoms with van der Waals surface area (Å²) in [6.45, 7) is 8.07. The van der Waals surface area contributed by atoms with E-state index in [-0.39, 0.29) is 5.91 Å². The van der Waals surface area contributed by atoms with Gasteiger partial charge in [-0.15, -0.1) is 5.10 Å². The first kappa shape index (κ1) is 18.7. The molecule has 0 spiro atoms. The van der Waals surface area contributed by atoms with Crippen LogP contribution in [0.25, 0.3) is 5.69 Å². The third kappa shape index (κ3) is 4.17. The van der Waals surface area contributed by atoms with Gasteiger partial charge < -0.3 is 9.64 Å². The average Bonchev–Trinajstić information content (AvgIpc) is 3.07. The van der Waals surface area contributed by atoms with Crippen LogP contribution in [0.1, 0.15) is 25.8 Å². The maximum absolute atomic E-state index is 12.6. The molecule has 1 aromatic carbocycles. The fourth-order valence-corrected chi connectivity index (χ4v) is 4.26. The molecule has 0 N–H and O–H groups in total. The Labute approximate surface area is 158 Å². The summed E-state index contributed by atoms with van der Waals surface area (Å²) < 4.78 is 7.05. The van der Waals surface area contributed by atoms with Crippen molar-refractivity contribution in [3.8, 4) is 11.4 Å². The first-order valence-corrected chi connectivity index (χ1v) is 9.80. The van der Waals surface area contributed by atoms with E-state index in [2.05, 4.69) is 29.4 Å². The summed E-state index contributed by atoms with van der Waals surface area (Å²) in [5.74, 6) is 2.26. The first-order chi connectivity index (χ1) is 12.5. The molecule has 2 aromatic rings. The number of ether oxygens (including phenoxy) is 1. The molecular formula is C18H25N5O2S. The number of carbonyl (C=O) groups is 1. The summed E-state index contributed by atoms with van der Waals surface area (Å²) in [5, 5.41) is 12.5. The van der Waals surface area contributed by atoms with E-state index < -0.39 is 0 Å². The van der Waals surface area contributed by atoms with Crippen molar-refractivity contribution < 1.29 is 9.53 Å². The Morgan fingerprint density at radius 1 is 1.31 bits per heavy atom. The van der Waals surface area contributed by atoms with Crippen LogP contribution in [0.5, 0.6) is 5.75 Å². The van der Waals surface area contributed by atoms with Gasteiger partial charge in [-0.1, -0.05) is 31.7 Å². The molecule has 140 valence electrons. The summed E-state index contributed by atoms with van der Waals surface area (Å²) in [5.41, 5.74) is 1.85. The molecular weight excluding hydrogens is 350 g/mol. The highest BCUT2D eigenvalue weighted by Gasteiger charge is 2.26. The minimum Gasteiger partial charge on any atom is -0.494 e. The fraction of sp³-hybridized carbons (Fsp3) is 0.556. The maximum Gasteiger partial charge on any atom is 0.233 e. The number of carbonyl (C=O) groups excluding carboxylic acids is 1. The number of hydrogen-bond acceptors (Lipinski definition) is 6. The molecule has 7 nitrogen and oxygen atoms in total. The zero-order chi connectivity index (χ0) is 18.7. The molecule has 2 heterocycles. The van der Waals surface area contributed by atoms with Gasteiger partial charge in [-0.3, -0.25) is 4.79 Å². The van der Waals surface area contributed by atoms with E-state index in [9.17, 15) is 4.79 Å². The normalized spacial score (nSPS) is 20.2. The summed E-state index contributed by atoms with van der Waals surface area (Å²) in [6.07, 6.45) is 1.18. The molecule has 1 aromatic heterocycles. The molecule has 1 aliphatic rings. The second-order valence-electron chi connectivity index (χ2n) is 7.08. The van der Waals surface area contributed by atoms with Crippen LogP contribution in [0.3, 0.4) is 0 Å². The van der Waals surface area contributed by atoms with Crippen molar-refractivity contribution in [3.63, 3.8) is 0 Å². The van der Waals surface area contributed by atoms with E-state index in [1.807, 2.05) is 30.0 Å². The Hall–Kier alpha value is -2.09. The number of likely N-dealkylation sites (tertiary alicyclic amines) is 1. The SMILES string of the molecule is COc1ccc(C)cc1-n1nnnc1SCC(=O)N1C[C@H](C)C[C@H](C)C1. The van der Waals surface area contributed by atoms with Crippen LogP contribution in [-0.4, -0.2) is 57.0 Å². The molecule has 2 atom stereocenters. The highest BCUT2D eigenvalue weighted by Crippen LogP contribution is 2.27. The number of benzene rings is 1. The molecule has 1 amide bonds. The standard InChI is InChI=1S/C18H25N5O2S/c1-12-5-6-16(25-4)15(8-12)23-18(19-20-21-23)26-11-17(24)22-9-13(2)7-14(3)10-22/h5-6,8,13-14H,7,9-11H2,1-4H3/t13-,14+. The second-order valence-corrected chi connectivity index (χ2v) is 8.02. The number of tetrazole rings is 1. The van der Waals surface area contributed by atoms with Gasteiger partial charge in [0.2, 0.25) is 11.1 Å². The number of aromatic nitrogens is 4. The fourth-order valence-electron chi connectivity index (χ4n) is 3.47. The van der Waals surface area contributed by atoms with Crippen molar-refractivity contribution >= 4 is 17.7 Å². The van der Waals surface area contributed by atoms with Crippen LogP contribution in [0.2, 0.25) is 0 Å². The van der Waals surface area contributed by atoms with Gasteiger partial charge >= 0.3 is 0 Å². The van der Waals surface area contributed by atoms with E-state index in [1.54, 1.807) is 11.8 Å². The largest absolute Gasteiger partial charge is 0.494 e. The average molecular weight is 375 g/mol. The smallest absolute Gasteiger partial charge is 0.233 e. The van der Waals surface area contributed by atoms with Crippen LogP contribution in [0, 0.1) is 18.8 Å². The van der Waals surface area contributed by atoms with Crippen molar-refractivity contribution in [2.24, 2.45) is 11.8 Å². The van der Waals surface area contributed by atoms with Gasteiger partial charge in [0, 0.05) is 13.1 Å². The van der Waals surface area contributed by atoms with Gasteiger partial charge in [0.15, 0.2) is 0 Å². The predicted molar refractivity (Wildman–Crippen MR) is 101 cm³/mol. The van der Waals surface area contributed by atoms with E-state index in [0.717, 1.165) is 24.3 Å². The molecule has 1 fully saturated rings. The third-order valence-corrected chi connectivity index (χ3v) is 5.45. The van der Waals surface area contributed by atoms with Gasteiger partial charge in [-0.25, -0.2) is 0 Å². The number of piperidine rings is 1. The quantitative estimate of drug-likeness (QED) is 0.748. The molecule has 0 saturated carbocycles. The van der Waals surface area contributed by atoms with Gasteiger partial charge in [0.1, 0.15) is 11.4 Å². The number of hydrogen-bond donors (Lipinski definition) is 0. The number of nitrogens with zero attached hydrogens (tertiary/aromatic N) is 5. The van der Waals surface area contributed by atoms with Crippen LogP contribution < -0.4 is 4.74 Å². The van der Waals surface area contributed by atoms with Crippen molar-refractivity contribution in [1.29, 1.82) is 0 Å². The predicted octanol–water partition coefficient (Wildman–Crippen LogP) is 2.58. The number of methoxy groups -OCH3 is 1. The van der Waals surface area contributed by atoms with Gasteiger partial charge in [0.05, 0.1) is 12.9 Å². The Kier molecular flexibility index (Phi) is 5.80. The lowest BCUT2D eigenvalue weighted by molar-refractivity contribution is -0.130. The molecule has 1 saturated heterocycles. The number of amides is 1. The zero-order valence-corrected chi connectivity index (χ0v) is 16.5. The maximum atomic E-state index is 12.6. The minimum atomic E-state index is 0.138. The lowest BCUT2D eigenvalue weighted by Gasteiger charge is -2.34. The van der Waals surface area contributed by atoms with Gasteiger partial charge in [-0.05, 0) is 53.3 Å². The minimum absolute atomic E-state index is 0.138. The summed E-state index contributed by atoms with van der Waals surface area (Å²) in [6, 6.07) is 5.83. The first-order valence-electron chi connectivity index (χ1n) is 8.82. The van der Waals surface area contributed by atoms with Crippen LogP contribution in [0.4, 0.5) is 0 Å². The monoisotopic (exact) mass is 375 g/mol. The molecule has 26 heavy (non-hydrogen) atoms. The zero-order valence-electron chi connectivity index (χ0n) is 15.7. The summed E-state index contributed by atoms with van der Waals surface area (Å²) in [7, 11) is 1.62. The van der Waals surface area contributed by atoms with Crippen LogP contribution in [0.15, 0.2) is 23.4 Å². The van der Waals surface area contributed by atoms with E-state index >= 15 is 0 Å². The van der Waals surface area contributed by atoms with E-state index in [1.165, 1.54) is 18.2 Å². The molecule has 0 unspecified atom stereocenters. The van der Waals surface area contributed by atoms with Crippen molar-refractivity contribution in [2.45, 2.75) is 32.3 Å². The Balaban J connectivity index is 1.72. The number of aryl methyl sites for hydroxylation is 1. The molecule has 0 aliphatic carbocycles. The van der Waals surface area contributed by atoms with Crippen molar-refractivity contribution in [3.05, 3.63) is 23.8 Å². The van der Waals surface area contributed by atoms with Crippen molar-refractivity contribution in [2.75, 3.05) is 26.0 Å². The lowest BCUT2D eigenvalue weighted by Crippen LogP contribution is -2.43. The summed E-state index contributed by atoms with van der Waals surface area (Å²) >= 11 is 1.36. The number of rotatable bonds is 5. The Morgan fingerprint density at radius 3 is 2.73 bits per heavy atom. The molecule has 1 aliphatic heterocycles. The molecule has 8 heteroatoms. The molecule has 0 bridgehead atoms. The van der Waals surface area contributed by atoms with E-state index in [4.69, 9.17) is 4.74 Å². The summed E-state index contributed by atoms with van der Waals surface area (Å²) in [4.78, 5) is 14.6. The topological polar surface area (TPSA) is 73.1 Å². The Morgan fingerprint density at radius 2 is 2.04 bits per heavy atom. The highest BCUT2D eigenvalue weighted by molar-refractivity contribution is 7.99. The van der Waals surface area contributed by atoms with E-state index in [0.29, 0.717) is 28.5 Å². The number of thioether (sulfide) groups is 1. The molecule has 3 rings (SSSR count). The third-order valence-electron chi connectivity index (χ3n) is 4.55. The van der Waals surface area contributed by atoms with Gasteiger partial charge in [-0.2, -0.15) is 4.68 Å². The lowest BCUT2D eigenvalue weighted by atomic mass is 9.92. The second kappa shape index (κ2) is 8.07. The Bertz CT molecular complexity index is 769. The highest BCUT2D eigenvalue weighted by atomic mass is 32.2.